The van der Waals surface area contributed by atoms with Crippen LogP contribution in [0.5, 0.6) is 0 Å². The Balaban J connectivity index is 2.57. The van der Waals surface area contributed by atoms with Crippen LogP contribution in [-0.4, -0.2) is 12.8 Å². The van der Waals surface area contributed by atoms with E-state index in [-0.39, 0.29) is 0 Å². The minimum atomic E-state index is 1.06. The molecule has 1 nitrogen and oxygen atoms in total. The lowest BCUT2D eigenvalue weighted by atomic mass is 9.86. The molecular formula is C13H14BrN. The summed E-state index contributed by atoms with van der Waals surface area (Å²) in [5.74, 6) is 0. The Hall–Kier alpha value is -0.890. The molecule has 0 N–H and O–H groups in total. The Morgan fingerprint density at radius 1 is 1.33 bits per heavy atom. The fourth-order valence-corrected chi connectivity index (χ4v) is 2.54. The number of halogens is 1. The molecule has 0 unspecified atom stereocenters. The second-order valence-corrected chi connectivity index (χ2v) is 4.59. The number of rotatable bonds is 0. The fourth-order valence-electron chi connectivity index (χ4n) is 2.13. The molecule has 0 spiro atoms. The second kappa shape index (κ2) is 4.31. The van der Waals surface area contributed by atoms with Crippen molar-refractivity contribution in [1.82, 2.24) is 0 Å². The largest absolute Gasteiger partial charge is 0.292 e. The van der Waals surface area contributed by atoms with E-state index in [9.17, 15) is 0 Å². The predicted molar refractivity (Wildman–Crippen MR) is 69.5 cm³/mol. The highest BCUT2D eigenvalue weighted by molar-refractivity contribution is 9.10. The van der Waals surface area contributed by atoms with Crippen LogP contribution in [0.3, 0.4) is 0 Å². The van der Waals surface area contributed by atoms with Crippen LogP contribution in [0.25, 0.3) is 5.57 Å². The van der Waals surface area contributed by atoms with Crippen molar-refractivity contribution in [3.8, 4) is 0 Å². The van der Waals surface area contributed by atoms with Crippen molar-refractivity contribution < 1.29 is 0 Å². The van der Waals surface area contributed by atoms with E-state index in [1.807, 2.05) is 7.05 Å². The SMILES string of the molecule is CC=C1C(=NC)CCc2cc(Br)ccc21. The smallest absolute Gasteiger partial charge is 0.0423 e. The average molecular weight is 264 g/mol. The summed E-state index contributed by atoms with van der Waals surface area (Å²) in [7, 11) is 1.88. The number of nitrogens with zero attached hydrogens (tertiary/aromatic N) is 1. The zero-order valence-corrected chi connectivity index (χ0v) is 10.6. The molecule has 0 aliphatic heterocycles. The number of hydrogen-bond acceptors (Lipinski definition) is 1. The maximum atomic E-state index is 4.36. The molecule has 0 heterocycles. The monoisotopic (exact) mass is 263 g/mol. The Labute approximate surface area is 99.1 Å². The minimum absolute atomic E-state index is 1.06. The van der Waals surface area contributed by atoms with Gasteiger partial charge in [0.2, 0.25) is 0 Å². The van der Waals surface area contributed by atoms with Crippen molar-refractivity contribution in [3.05, 3.63) is 39.9 Å². The third-order valence-electron chi connectivity index (χ3n) is 2.86. The minimum Gasteiger partial charge on any atom is -0.292 e. The summed E-state index contributed by atoms with van der Waals surface area (Å²) in [5, 5.41) is 0. The highest BCUT2D eigenvalue weighted by Gasteiger charge is 2.18. The van der Waals surface area contributed by atoms with E-state index in [0.29, 0.717) is 0 Å². The van der Waals surface area contributed by atoms with Gasteiger partial charge in [0.05, 0.1) is 0 Å². The van der Waals surface area contributed by atoms with E-state index < -0.39 is 0 Å². The molecule has 2 rings (SSSR count). The predicted octanol–water partition coefficient (Wildman–Crippen LogP) is 3.87. The van der Waals surface area contributed by atoms with Gasteiger partial charge in [-0.2, -0.15) is 0 Å². The summed E-state index contributed by atoms with van der Waals surface area (Å²) in [6.45, 7) is 2.08. The van der Waals surface area contributed by atoms with E-state index in [1.165, 1.54) is 22.4 Å². The number of aliphatic imine (C=N–C) groups is 1. The molecule has 0 aromatic heterocycles. The third-order valence-corrected chi connectivity index (χ3v) is 3.35. The Kier molecular flexibility index (Phi) is 3.06. The molecule has 1 aromatic carbocycles. The first-order chi connectivity index (χ1) is 7.26. The maximum absolute atomic E-state index is 4.36. The van der Waals surface area contributed by atoms with Crippen LogP contribution < -0.4 is 0 Å². The molecule has 0 radical (unpaired) electrons. The highest BCUT2D eigenvalue weighted by atomic mass is 79.9. The van der Waals surface area contributed by atoms with Crippen molar-refractivity contribution in [3.63, 3.8) is 0 Å². The van der Waals surface area contributed by atoms with E-state index in [4.69, 9.17) is 0 Å². The van der Waals surface area contributed by atoms with Crippen molar-refractivity contribution in [2.24, 2.45) is 4.99 Å². The highest BCUT2D eigenvalue weighted by Crippen LogP contribution is 2.30. The van der Waals surface area contributed by atoms with Crippen molar-refractivity contribution in [2.75, 3.05) is 7.05 Å². The molecule has 0 amide bonds. The standard InChI is InChI=1S/C13H14BrN/c1-3-11-12-6-5-10(14)8-9(12)4-7-13(11)15-2/h3,5-6,8H,4,7H2,1-2H3. The van der Waals surface area contributed by atoms with Gasteiger partial charge in [-0.25, -0.2) is 0 Å². The van der Waals surface area contributed by atoms with Gasteiger partial charge in [0.1, 0.15) is 0 Å². The van der Waals surface area contributed by atoms with Crippen molar-refractivity contribution in [2.45, 2.75) is 19.8 Å². The van der Waals surface area contributed by atoms with Crippen molar-refractivity contribution >= 4 is 27.2 Å². The van der Waals surface area contributed by atoms with E-state index >= 15 is 0 Å². The van der Waals surface area contributed by atoms with Gasteiger partial charge in [-0.1, -0.05) is 28.1 Å². The van der Waals surface area contributed by atoms with Crippen LogP contribution in [0.2, 0.25) is 0 Å². The Morgan fingerprint density at radius 2 is 2.13 bits per heavy atom. The first-order valence-corrected chi connectivity index (χ1v) is 5.96. The topological polar surface area (TPSA) is 12.4 Å². The summed E-state index contributed by atoms with van der Waals surface area (Å²) in [6.07, 6.45) is 4.31. The number of hydrogen-bond donors (Lipinski definition) is 0. The quantitative estimate of drug-likeness (QED) is 0.674. The number of aryl methyl sites for hydroxylation is 1. The normalized spacial score (nSPS) is 20.7. The van der Waals surface area contributed by atoms with Crippen molar-refractivity contribution in [1.29, 1.82) is 0 Å². The first-order valence-electron chi connectivity index (χ1n) is 5.17. The lowest BCUT2D eigenvalue weighted by Gasteiger charge is -2.20. The molecule has 0 atom stereocenters. The maximum Gasteiger partial charge on any atom is 0.0423 e. The second-order valence-electron chi connectivity index (χ2n) is 3.67. The van der Waals surface area contributed by atoms with Crippen LogP contribution in [-0.2, 0) is 6.42 Å². The van der Waals surface area contributed by atoms with Gasteiger partial charge < -0.3 is 0 Å². The number of allylic oxidation sites excluding steroid dienone is 2. The molecule has 0 saturated heterocycles. The van der Waals surface area contributed by atoms with Crippen LogP contribution in [0.15, 0.2) is 33.7 Å². The fraction of sp³-hybridized carbons (Fsp3) is 0.308. The van der Waals surface area contributed by atoms with Gasteiger partial charge in [0.15, 0.2) is 0 Å². The van der Waals surface area contributed by atoms with Crippen LogP contribution in [0.1, 0.15) is 24.5 Å². The summed E-state index contributed by atoms with van der Waals surface area (Å²) >= 11 is 3.51. The lowest BCUT2D eigenvalue weighted by Crippen LogP contribution is -2.12. The number of fused-ring (bicyclic) bond motifs is 1. The van der Waals surface area contributed by atoms with Gasteiger partial charge in [-0.05, 0) is 48.6 Å². The molecule has 78 valence electrons. The summed E-state index contributed by atoms with van der Waals surface area (Å²) in [4.78, 5) is 4.36. The Bertz CT molecular complexity index is 444. The first kappa shape index (κ1) is 10.6. The van der Waals surface area contributed by atoms with Gasteiger partial charge >= 0.3 is 0 Å². The molecule has 2 heteroatoms. The number of benzene rings is 1. The van der Waals surface area contributed by atoms with E-state index in [1.54, 1.807) is 0 Å². The van der Waals surface area contributed by atoms with Crippen LogP contribution in [0.4, 0.5) is 0 Å². The van der Waals surface area contributed by atoms with Gasteiger partial charge in [-0.3, -0.25) is 4.99 Å². The molecule has 0 fully saturated rings. The molecule has 0 saturated carbocycles. The van der Waals surface area contributed by atoms with Gasteiger partial charge in [-0.15, -0.1) is 0 Å². The lowest BCUT2D eigenvalue weighted by molar-refractivity contribution is 1.01. The Morgan fingerprint density at radius 3 is 2.80 bits per heavy atom. The van der Waals surface area contributed by atoms with E-state index in [0.717, 1.165) is 17.3 Å². The molecule has 15 heavy (non-hydrogen) atoms. The summed E-state index contributed by atoms with van der Waals surface area (Å²) in [6, 6.07) is 6.49. The van der Waals surface area contributed by atoms with Crippen LogP contribution >= 0.6 is 15.9 Å². The van der Waals surface area contributed by atoms with Crippen LogP contribution in [0, 0.1) is 0 Å². The third kappa shape index (κ3) is 1.91. The van der Waals surface area contributed by atoms with E-state index in [2.05, 4.69) is 52.1 Å². The zero-order chi connectivity index (χ0) is 10.8. The van der Waals surface area contributed by atoms with Gasteiger partial charge in [0, 0.05) is 17.2 Å². The molecule has 1 aliphatic rings. The molecular weight excluding hydrogens is 250 g/mol. The molecule has 0 bridgehead atoms. The molecule has 1 aromatic rings. The molecule has 1 aliphatic carbocycles. The summed E-state index contributed by atoms with van der Waals surface area (Å²) in [5.41, 5.74) is 5.29. The van der Waals surface area contributed by atoms with Gasteiger partial charge in [0.25, 0.3) is 0 Å². The zero-order valence-electron chi connectivity index (χ0n) is 9.05. The summed E-state index contributed by atoms with van der Waals surface area (Å²) < 4.78 is 1.16. The average Bonchev–Trinajstić information content (AvgIpc) is 2.27.